The molecule has 0 N–H and O–H groups in total. The van der Waals surface area contributed by atoms with Crippen molar-refractivity contribution in [3.8, 4) is 0 Å². The van der Waals surface area contributed by atoms with Gasteiger partial charge in [0.2, 0.25) is 5.60 Å². The molecular weight excluding hydrogens is 282 g/mol. The van der Waals surface area contributed by atoms with Gasteiger partial charge < -0.3 is 14.4 Å². The minimum absolute atomic E-state index is 0.254. The van der Waals surface area contributed by atoms with E-state index in [-0.39, 0.29) is 18.0 Å². The predicted octanol–water partition coefficient (Wildman–Crippen LogP) is 2.14. The molecule has 3 fully saturated rings. The van der Waals surface area contributed by atoms with Crippen molar-refractivity contribution < 1.29 is 19.1 Å². The van der Waals surface area contributed by atoms with Crippen molar-refractivity contribution in [3.05, 3.63) is 0 Å². The monoisotopic (exact) mass is 309 g/mol. The summed E-state index contributed by atoms with van der Waals surface area (Å²) in [5, 5.41) is 0. The van der Waals surface area contributed by atoms with Crippen molar-refractivity contribution in [3.63, 3.8) is 0 Å². The van der Waals surface area contributed by atoms with Crippen molar-refractivity contribution in [2.75, 3.05) is 20.2 Å². The van der Waals surface area contributed by atoms with Gasteiger partial charge in [0.05, 0.1) is 5.41 Å². The molecule has 0 aromatic heterocycles. The van der Waals surface area contributed by atoms with Gasteiger partial charge >= 0.3 is 11.9 Å². The van der Waals surface area contributed by atoms with E-state index in [1.54, 1.807) is 0 Å². The summed E-state index contributed by atoms with van der Waals surface area (Å²) in [7, 11) is 2.07. The van der Waals surface area contributed by atoms with Crippen LogP contribution in [0.2, 0.25) is 0 Å². The number of hydrogen-bond acceptors (Lipinski definition) is 5. The predicted molar refractivity (Wildman–Crippen MR) is 81.2 cm³/mol. The number of likely N-dealkylation sites (tertiary alicyclic amines) is 1. The first-order valence-electron chi connectivity index (χ1n) is 8.35. The SMILES string of the molecule is CN1CCCCC1COC(=O)C12CCC(C)(C(=O)O1)C2(C)C. The van der Waals surface area contributed by atoms with Crippen LogP contribution in [0.5, 0.6) is 0 Å². The average Bonchev–Trinajstić information content (AvgIpc) is 2.76. The normalized spacial score (nSPS) is 40.5. The van der Waals surface area contributed by atoms with Crippen molar-refractivity contribution in [1.82, 2.24) is 4.90 Å². The maximum absolute atomic E-state index is 12.8. The Morgan fingerprint density at radius 3 is 2.59 bits per heavy atom. The Labute approximate surface area is 132 Å². The van der Waals surface area contributed by atoms with E-state index in [9.17, 15) is 9.59 Å². The van der Waals surface area contributed by atoms with E-state index >= 15 is 0 Å². The summed E-state index contributed by atoms with van der Waals surface area (Å²) in [6.45, 7) is 7.26. The first-order chi connectivity index (χ1) is 10.2. The molecular formula is C17H27NO4. The zero-order valence-corrected chi connectivity index (χ0v) is 14.1. The molecule has 1 aliphatic carbocycles. The van der Waals surface area contributed by atoms with Crippen molar-refractivity contribution in [2.24, 2.45) is 10.8 Å². The number of hydrogen-bond donors (Lipinski definition) is 0. The molecule has 0 aromatic carbocycles. The van der Waals surface area contributed by atoms with Gasteiger partial charge in [-0.15, -0.1) is 0 Å². The maximum atomic E-state index is 12.8. The highest BCUT2D eigenvalue weighted by molar-refractivity contribution is 5.93. The van der Waals surface area contributed by atoms with Gasteiger partial charge in [-0.2, -0.15) is 0 Å². The van der Waals surface area contributed by atoms with Crippen LogP contribution in [0, 0.1) is 10.8 Å². The number of likely N-dealkylation sites (N-methyl/N-ethyl adjacent to an activating group) is 1. The molecule has 1 saturated carbocycles. The second-order valence-corrected chi connectivity index (χ2v) is 7.90. The molecule has 3 unspecified atom stereocenters. The lowest BCUT2D eigenvalue weighted by Gasteiger charge is -2.36. The zero-order chi connectivity index (χ0) is 16.2. The van der Waals surface area contributed by atoms with Crippen LogP contribution in [0.1, 0.15) is 52.9 Å². The highest BCUT2D eigenvalue weighted by Crippen LogP contribution is 2.65. The number of ether oxygens (including phenoxy) is 2. The van der Waals surface area contributed by atoms with Crippen LogP contribution in [0.25, 0.3) is 0 Å². The van der Waals surface area contributed by atoms with Crippen LogP contribution >= 0.6 is 0 Å². The molecule has 2 aliphatic heterocycles. The van der Waals surface area contributed by atoms with Gasteiger partial charge in [0.25, 0.3) is 0 Å². The lowest BCUT2D eigenvalue weighted by atomic mass is 9.66. The molecule has 3 rings (SSSR count). The lowest BCUT2D eigenvalue weighted by Crippen LogP contribution is -2.50. The largest absolute Gasteiger partial charge is 0.461 e. The quantitative estimate of drug-likeness (QED) is 0.748. The third-order valence-corrected chi connectivity index (χ3v) is 6.74. The van der Waals surface area contributed by atoms with Gasteiger partial charge in [0, 0.05) is 11.5 Å². The highest BCUT2D eigenvalue weighted by Gasteiger charge is 2.76. The minimum Gasteiger partial charge on any atom is -0.461 e. The van der Waals surface area contributed by atoms with Crippen molar-refractivity contribution >= 4 is 11.9 Å². The van der Waals surface area contributed by atoms with Gasteiger partial charge in [0.1, 0.15) is 6.61 Å². The molecule has 2 saturated heterocycles. The lowest BCUT2D eigenvalue weighted by molar-refractivity contribution is -0.184. The summed E-state index contributed by atoms with van der Waals surface area (Å²) in [5.74, 6) is -0.610. The Kier molecular flexibility index (Phi) is 3.55. The Bertz CT molecular complexity index is 503. The van der Waals surface area contributed by atoms with Gasteiger partial charge in [-0.1, -0.05) is 20.3 Å². The fourth-order valence-corrected chi connectivity index (χ4v) is 4.35. The second-order valence-electron chi connectivity index (χ2n) is 7.90. The van der Waals surface area contributed by atoms with E-state index in [4.69, 9.17) is 9.47 Å². The van der Waals surface area contributed by atoms with Crippen molar-refractivity contribution in [2.45, 2.75) is 64.5 Å². The van der Waals surface area contributed by atoms with Crippen LogP contribution in [0.15, 0.2) is 0 Å². The number of piperidine rings is 1. The molecule has 22 heavy (non-hydrogen) atoms. The molecule has 0 amide bonds. The summed E-state index contributed by atoms with van der Waals surface area (Å²) in [6, 6.07) is 0.280. The molecule has 5 heteroatoms. The smallest absolute Gasteiger partial charge is 0.351 e. The number of esters is 2. The molecule has 2 bridgehead atoms. The fraction of sp³-hybridized carbons (Fsp3) is 0.882. The average molecular weight is 309 g/mol. The third-order valence-electron chi connectivity index (χ3n) is 6.74. The number of fused-ring (bicyclic) bond motifs is 2. The molecule has 3 aliphatic rings. The number of nitrogens with zero attached hydrogens (tertiary/aromatic N) is 1. The van der Waals surface area contributed by atoms with Gasteiger partial charge in [-0.3, -0.25) is 4.79 Å². The fourth-order valence-electron chi connectivity index (χ4n) is 4.35. The first-order valence-corrected chi connectivity index (χ1v) is 8.35. The van der Waals surface area contributed by atoms with Crippen LogP contribution in [0.3, 0.4) is 0 Å². The standard InChI is InChI=1S/C17H27NO4/c1-15(2)16(3)8-9-17(15,22-13(16)19)14(20)21-11-12-7-5-6-10-18(12)4/h12H,5-11H2,1-4H3. The Morgan fingerprint density at radius 1 is 1.32 bits per heavy atom. The third kappa shape index (κ3) is 1.87. The van der Waals surface area contributed by atoms with E-state index in [1.807, 2.05) is 20.8 Å². The zero-order valence-electron chi connectivity index (χ0n) is 14.1. The molecule has 5 nitrogen and oxygen atoms in total. The van der Waals surface area contributed by atoms with Crippen LogP contribution < -0.4 is 0 Å². The van der Waals surface area contributed by atoms with Crippen LogP contribution in [-0.2, 0) is 19.1 Å². The summed E-state index contributed by atoms with van der Waals surface area (Å²) >= 11 is 0. The topological polar surface area (TPSA) is 55.8 Å². The van der Waals surface area contributed by atoms with E-state index in [0.29, 0.717) is 19.4 Å². The van der Waals surface area contributed by atoms with Crippen LogP contribution in [-0.4, -0.2) is 48.7 Å². The highest BCUT2D eigenvalue weighted by atomic mass is 16.6. The summed E-state index contributed by atoms with van der Waals surface area (Å²) in [4.78, 5) is 27.2. The van der Waals surface area contributed by atoms with E-state index in [0.717, 1.165) is 13.0 Å². The Balaban J connectivity index is 1.71. The Hall–Kier alpha value is -1.10. The van der Waals surface area contributed by atoms with Gasteiger partial charge in [-0.05, 0) is 46.2 Å². The molecule has 3 atom stereocenters. The second kappa shape index (κ2) is 4.95. The summed E-state index contributed by atoms with van der Waals surface area (Å²) in [6.07, 6.45) is 4.70. The maximum Gasteiger partial charge on any atom is 0.351 e. The van der Waals surface area contributed by atoms with E-state index in [2.05, 4.69) is 11.9 Å². The van der Waals surface area contributed by atoms with E-state index < -0.39 is 16.4 Å². The molecule has 124 valence electrons. The van der Waals surface area contributed by atoms with E-state index in [1.165, 1.54) is 12.8 Å². The molecule has 0 aromatic rings. The summed E-state index contributed by atoms with van der Waals surface area (Å²) in [5.41, 5.74) is -2.19. The Morgan fingerprint density at radius 2 is 2.05 bits per heavy atom. The van der Waals surface area contributed by atoms with Crippen LogP contribution in [0.4, 0.5) is 0 Å². The minimum atomic E-state index is -1.09. The van der Waals surface area contributed by atoms with Gasteiger partial charge in [-0.25, -0.2) is 4.79 Å². The molecule has 0 spiro atoms. The first kappa shape index (κ1) is 15.8. The van der Waals surface area contributed by atoms with Crippen molar-refractivity contribution in [1.29, 1.82) is 0 Å². The number of rotatable bonds is 3. The molecule has 2 heterocycles. The molecule has 0 radical (unpaired) electrons. The van der Waals surface area contributed by atoms with Gasteiger partial charge in [0.15, 0.2) is 0 Å². The number of carbonyl (C=O) groups excluding carboxylic acids is 2. The summed E-state index contributed by atoms with van der Waals surface area (Å²) < 4.78 is 11.2. The number of carbonyl (C=O) groups is 2.